The van der Waals surface area contributed by atoms with E-state index in [9.17, 15) is 4.79 Å². The van der Waals surface area contributed by atoms with Crippen LogP contribution in [0.2, 0.25) is 0 Å². The number of aryl methyl sites for hydroxylation is 2. The Balaban J connectivity index is 1.66. The molecule has 27 heavy (non-hydrogen) atoms. The molecule has 3 aromatic rings. The maximum atomic E-state index is 12.6. The molecule has 0 fully saturated rings. The number of rotatable bonds is 6. The molecule has 138 valence electrons. The highest BCUT2D eigenvalue weighted by Gasteiger charge is 2.10. The molecule has 0 aliphatic carbocycles. The average molecular weight is 362 g/mol. The average Bonchev–Trinajstić information content (AvgIpc) is 3.14. The lowest BCUT2D eigenvalue weighted by Gasteiger charge is -2.08. The summed E-state index contributed by atoms with van der Waals surface area (Å²) in [4.78, 5) is 18.4. The van der Waals surface area contributed by atoms with E-state index in [1.165, 1.54) is 0 Å². The molecule has 0 spiro atoms. The van der Waals surface area contributed by atoms with Gasteiger partial charge in [0.2, 0.25) is 0 Å². The fraction of sp³-hybridized carbons (Fsp3) is 0.190. The van der Waals surface area contributed by atoms with Crippen LogP contribution in [0.4, 0.5) is 5.88 Å². The fourth-order valence-corrected chi connectivity index (χ4v) is 2.58. The number of carbonyl (C=O) groups excluding carboxylic acids is 1. The van der Waals surface area contributed by atoms with Crippen molar-refractivity contribution in [2.45, 2.75) is 12.8 Å². The second-order valence-corrected chi connectivity index (χ2v) is 6.42. The molecule has 0 aliphatic heterocycles. The molecule has 3 rings (SSSR count). The largest absolute Gasteiger partial charge is 0.369 e. The molecule has 0 atom stereocenters. The Bertz CT molecular complexity index is 946. The van der Waals surface area contributed by atoms with Gasteiger partial charge in [-0.2, -0.15) is 4.99 Å². The molecule has 0 aliphatic rings. The van der Waals surface area contributed by atoms with Gasteiger partial charge in [-0.15, -0.1) is 0 Å². The van der Waals surface area contributed by atoms with Crippen LogP contribution in [0.1, 0.15) is 27.2 Å². The first-order chi connectivity index (χ1) is 13.0. The normalized spacial score (nSPS) is 11.4. The van der Waals surface area contributed by atoms with Crippen LogP contribution in [0.5, 0.6) is 0 Å². The van der Waals surface area contributed by atoms with Gasteiger partial charge in [-0.25, -0.2) is 0 Å². The van der Waals surface area contributed by atoms with E-state index in [0.717, 1.165) is 17.7 Å². The van der Waals surface area contributed by atoms with E-state index < -0.39 is 0 Å². The number of carbonyl (C=O) groups is 1. The smallest absolute Gasteiger partial charge is 0.253 e. The van der Waals surface area contributed by atoms with Gasteiger partial charge in [0.05, 0.1) is 5.69 Å². The van der Waals surface area contributed by atoms with Crippen molar-refractivity contribution in [3.8, 4) is 0 Å². The van der Waals surface area contributed by atoms with E-state index in [2.05, 4.69) is 10.1 Å². The molecule has 0 bridgehead atoms. The maximum absolute atomic E-state index is 12.6. The molecule has 0 unspecified atom stereocenters. The van der Waals surface area contributed by atoms with Crippen LogP contribution in [-0.4, -0.2) is 35.9 Å². The maximum Gasteiger partial charge on any atom is 0.253 e. The van der Waals surface area contributed by atoms with Crippen molar-refractivity contribution in [3.63, 3.8) is 0 Å². The van der Waals surface area contributed by atoms with E-state index in [1.54, 1.807) is 25.1 Å². The fourth-order valence-electron chi connectivity index (χ4n) is 2.58. The summed E-state index contributed by atoms with van der Waals surface area (Å²) in [7, 11) is 3.61. The topological polar surface area (TPSA) is 84.7 Å². The van der Waals surface area contributed by atoms with Gasteiger partial charge in [0.1, 0.15) is 0 Å². The molecular weight excluding hydrogens is 340 g/mol. The second kappa shape index (κ2) is 8.31. The zero-order valence-electron chi connectivity index (χ0n) is 15.4. The molecule has 2 N–H and O–H groups in total. The van der Waals surface area contributed by atoms with Crippen LogP contribution >= 0.6 is 0 Å². The molecular formula is C21H22N4O2. The van der Waals surface area contributed by atoms with E-state index in [1.807, 2.05) is 54.6 Å². The molecule has 0 amide bonds. The van der Waals surface area contributed by atoms with Crippen molar-refractivity contribution in [2.75, 3.05) is 14.1 Å². The highest BCUT2D eigenvalue weighted by atomic mass is 16.5. The second-order valence-electron chi connectivity index (χ2n) is 6.42. The molecule has 1 aromatic heterocycles. The van der Waals surface area contributed by atoms with Gasteiger partial charge >= 0.3 is 0 Å². The Morgan fingerprint density at radius 3 is 2.52 bits per heavy atom. The number of ketones is 1. The number of aliphatic imine (C=N–C) groups is 1. The van der Waals surface area contributed by atoms with Gasteiger partial charge in [0.25, 0.3) is 5.88 Å². The number of hydrogen-bond donors (Lipinski definition) is 1. The lowest BCUT2D eigenvalue weighted by molar-refractivity contribution is 0.103. The predicted octanol–water partition coefficient (Wildman–Crippen LogP) is 3.20. The summed E-state index contributed by atoms with van der Waals surface area (Å²) >= 11 is 0. The van der Waals surface area contributed by atoms with Crippen LogP contribution in [0.15, 0.2) is 70.2 Å². The van der Waals surface area contributed by atoms with E-state index in [0.29, 0.717) is 29.4 Å². The number of nitrogens with zero attached hydrogens (tertiary/aromatic N) is 3. The highest BCUT2D eigenvalue weighted by Crippen LogP contribution is 2.17. The third-order valence-corrected chi connectivity index (χ3v) is 4.12. The minimum absolute atomic E-state index is 0.0228. The molecule has 0 radical (unpaired) electrons. The van der Waals surface area contributed by atoms with Crippen molar-refractivity contribution in [1.29, 1.82) is 0 Å². The van der Waals surface area contributed by atoms with Gasteiger partial charge < -0.3 is 15.2 Å². The zero-order chi connectivity index (χ0) is 19.2. The lowest BCUT2D eigenvalue weighted by Crippen LogP contribution is -2.29. The Kier molecular flexibility index (Phi) is 5.66. The van der Waals surface area contributed by atoms with Gasteiger partial charge in [-0.3, -0.25) is 4.79 Å². The Morgan fingerprint density at radius 1 is 1.04 bits per heavy atom. The van der Waals surface area contributed by atoms with E-state index in [4.69, 9.17) is 10.3 Å². The Hall–Kier alpha value is -3.41. The molecule has 6 nitrogen and oxygen atoms in total. The Morgan fingerprint density at radius 2 is 1.78 bits per heavy atom. The standard InChI is InChI=1S/C21H22N4O2/c1-25(2)21(22)23-19-14-18(24-27-19)12-11-15-7-6-10-17(13-15)20(26)16-8-4-3-5-9-16/h3-10,13-14H,11-12H2,1-2H3,(H2,22,23). The number of hydrogen-bond acceptors (Lipinski definition) is 4. The van der Waals surface area contributed by atoms with E-state index in [-0.39, 0.29) is 5.78 Å². The predicted molar refractivity (Wildman–Crippen MR) is 105 cm³/mol. The van der Waals surface area contributed by atoms with Crippen LogP contribution in [0.25, 0.3) is 0 Å². The summed E-state index contributed by atoms with van der Waals surface area (Å²) in [6.45, 7) is 0. The van der Waals surface area contributed by atoms with Crippen LogP contribution in [0.3, 0.4) is 0 Å². The summed E-state index contributed by atoms with van der Waals surface area (Å²) < 4.78 is 5.20. The SMILES string of the molecule is CN(C)C(N)=Nc1cc(CCc2cccc(C(=O)c3ccccc3)c2)no1. The molecule has 0 saturated carbocycles. The number of guanidine groups is 1. The summed E-state index contributed by atoms with van der Waals surface area (Å²) in [5.74, 6) is 0.753. The van der Waals surface area contributed by atoms with Gasteiger partial charge in [-0.05, 0) is 24.5 Å². The van der Waals surface area contributed by atoms with Gasteiger partial charge in [-0.1, -0.05) is 53.7 Å². The zero-order valence-corrected chi connectivity index (χ0v) is 15.4. The molecule has 2 aromatic carbocycles. The molecule has 6 heteroatoms. The van der Waals surface area contributed by atoms with Crippen LogP contribution < -0.4 is 5.73 Å². The highest BCUT2D eigenvalue weighted by molar-refractivity contribution is 6.09. The molecule has 0 saturated heterocycles. The first-order valence-electron chi connectivity index (χ1n) is 8.68. The monoisotopic (exact) mass is 362 g/mol. The van der Waals surface area contributed by atoms with Crippen molar-refractivity contribution in [2.24, 2.45) is 10.7 Å². The number of nitrogens with two attached hydrogens (primary N) is 1. The van der Waals surface area contributed by atoms with Crippen molar-refractivity contribution >= 4 is 17.6 Å². The quantitative estimate of drug-likeness (QED) is 0.413. The number of benzene rings is 2. The third kappa shape index (κ3) is 4.82. The van der Waals surface area contributed by atoms with Crippen molar-refractivity contribution in [3.05, 3.63) is 83.0 Å². The van der Waals surface area contributed by atoms with Gasteiger partial charge in [0.15, 0.2) is 11.7 Å². The summed E-state index contributed by atoms with van der Waals surface area (Å²) in [5, 5.41) is 4.03. The molecule has 1 heterocycles. The van der Waals surface area contributed by atoms with Crippen molar-refractivity contribution in [1.82, 2.24) is 10.1 Å². The summed E-state index contributed by atoms with van der Waals surface area (Å²) in [6.07, 6.45) is 1.43. The van der Waals surface area contributed by atoms with Crippen LogP contribution in [-0.2, 0) is 12.8 Å². The number of aromatic nitrogens is 1. The summed E-state index contributed by atoms with van der Waals surface area (Å²) in [6, 6.07) is 18.7. The first kappa shape index (κ1) is 18.4. The summed E-state index contributed by atoms with van der Waals surface area (Å²) in [5.41, 5.74) is 9.00. The van der Waals surface area contributed by atoms with E-state index >= 15 is 0 Å². The third-order valence-electron chi connectivity index (χ3n) is 4.12. The van der Waals surface area contributed by atoms with Gasteiger partial charge in [0, 0.05) is 31.3 Å². The first-order valence-corrected chi connectivity index (χ1v) is 8.68. The Labute approximate surface area is 158 Å². The minimum Gasteiger partial charge on any atom is -0.369 e. The van der Waals surface area contributed by atoms with Crippen molar-refractivity contribution < 1.29 is 9.32 Å². The lowest BCUT2D eigenvalue weighted by atomic mass is 9.99. The van der Waals surface area contributed by atoms with Crippen LogP contribution in [0, 0.1) is 0 Å². The minimum atomic E-state index is 0.0228.